The number of hydrogen-bond donors (Lipinski definition) is 3. The molecule has 0 spiro atoms. The molecule has 4 aromatic rings. The van der Waals surface area contributed by atoms with Gasteiger partial charge >= 0.3 is 7.12 Å². The third kappa shape index (κ3) is 7.89. The molecule has 3 amide bonds. The number of nitrogens with zero attached hydrogens (tertiary/aromatic N) is 4. The minimum Gasteiger partial charge on any atom is -0.423 e. The number of imide groups is 1. The summed E-state index contributed by atoms with van der Waals surface area (Å²) in [6.07, 6.45) is 3.81. The number of benzene rings is 4. The van der Waals surface area contributed by atoms with E-state index < -0.39 is 13.2 Å². The van der Waals surface area contributed by atoms with Crippen molar-refractivity contribution in [3.63, 3.8) is 0 Å². The summed E-state index contributed by atoms with van der Waals surface area (Å²) in [6, 6.07) is 32.5. The molecule has 288 valence electrons. The molecule has 4 aromatic carbocycles. The second kappa shape index (κ2) is 16.5. The summed E-state index contributed by atoms with van der Waals surface area (Å²) in [5, 5.41) is 21.8. The first-order valence-electron chi connectivity index (χ1n) is 20.1. The van der Waals surface area contributed by atoms with Crippen LogP contribution in [0.25, 0.3) is 11.1 Å². The van der Waals surface area contributed by atoms with Crippen molar-refractivity contribution in [2.24, 2.45) is 5.92 Å². The van der Waals surface area contributed by atoms with Gasteiger partial charge in [-0.25, -0.2) is 0 Å². The van der Waals surface area contributed by atoms with E-state index in [9.17, 15) is 24.4 Å². The Morgan fingerprint density at radius 1 is 0.732 bits per heavy atom. The van der Waals surface area contributed by atoms with Crippen LogP contribution in [-0.4, -0.2) is 96.5 Å². The van der Waals surface area contributed by atoms with Crippen molar-refractivity contribution in [1.29, 1.82) is 0 Å². The lowest BCUT2D eigenvalue weighted by Gasteiger charge is -2.40. The Bertz CT molecular complexity index is 2090. The van der Waals surface area contributed by atoms with E-state index in [0.29, 0.717) is 29.9 Å². The summed E-state index contributed by atoms with van der Waals surface area (Å²) in [5.41, 5.74) is 10.2. The van der Waals surface area contributed by atoms with Crippen LogP contribution in [0.2, 0.25) is 0 Å². The summed E-state index contributed by atoms with van der Waals surface area (Å²) in [5.74, 6) is -0.120. The monoisotopic (exact) mass is 751 g/mol. The maximum absolute atomic E-state index is 13.2. The molecule has 0 aliphatic carbocycles. The number of carbonyl (C=O) groups is 3. The zero-order chi connectivity index (χ0) is 38.8. The van der Waals surface area contributed by atoms with Crippen LogP contribution in [0.4, 0.5) is 11.4 Å². The van der Waals surface area contributed by atoms with Gasteiger partial charge in [0.05, 0.1) is 0 Å². The fourth-order valence-corrected chi connectivity index (χ4v) is 9.03. The van der Waals surface area contributed by atoms with Crippen LogP contribution >= 0.6 is 0 Å². The first kappa shape index (κ1) is 37.7. The Labute approximate surface area is 329 Å². The average molecular weight is 752 g/mol. The highest BCUT2D eigenvalue weighted by molar-refractivity contribution is 6.58. The van der Waals surface area contributed by atoms with E-state index in [4.69, 9.17) is 0 Å². The van der Waals surface area contributed by atoms with E-state index in [2.05, 4.69) is 81.5 Å². The molecule has 3 fully saturated rings. The second-order valence-corrected chi connectivity index (χ2v) is 15.6. The molecule has 3 saturated heterocycles. The van der Waals surface area contributed by atoms with Crippen molar-refractivity contribution >= 4 is 52.8 Å². The lowest BCUT2D eigenvalue weighted by Crippen LogP contribution is -2.52. The lowest BCUT2D eigenvalue weighted by molar-refractivity contribution is -0.136. The molecule has 4 aliphatic rings. The zero-order valence-corrected chi connectivity index (χ0v) is 32.1. The third-order valence-electron chi connectivity index (χ3n) is 12.2. The topological polar surface area (TPSA) is 117 Å². The SMILES string of the molecule is CC/C(=C(/c1ccc(B(O)O)cc1)c1ccc(N2CCC(CN3CCN(c4ccc5c(c4)CN(C4CCC(=O)NC4=O)C5=O)CC3)CC2)cc1)c1ccccc1. The van der Waals surface area contributed by atoms with Crippen LogP contribution in [0.1, 0.15) is 71.6 Å². The quantitative estimate of drug-likeness (QED) is 0.123. The van der Waals surface area contributed by atoms with Crippen molar-refractivity contribution in [2.45, 2.75) is 51.6 Å². The maximum atomic E-state index is 13.2. The van der Waals surface area contributed by atoms with Gasteiger partial charge < -0.3 is 24.7 Å². The number of piperidine rings is 2. The van der Waals surface area contributed by atoms with Gasteiger partial charge in [0.2, 0.25) is 11.8 Å². The predicted octanol–water partition coefficient (Wildman–Crippen LogP) is 4.54. The Morgan fingerprint density at radius 3 is 2.02 bits per heavy atom. The highest BCUT2D eigenvalue weighted by Gasteiger charge is 2.39. The minimum atomic E-state index is -1.50. The van der Waals surface area contributed by atoms with Crippen molar-refractivity contribution in [3.8, 4) is 0 Å². The molecule has 3 N–H and O–H groups in total. The highest BCUT2D eigenvalue weighted by Crippen LogP contribution is 2.36. The zero-order valence-electron chi connectivity index (χ0n) is 32.1. The minimum absolute atomic E-state index is 0.131. The standard InChI is InChI=1S/C45H50BN5O5/c1-2-39(32-6-4-3-5-7-32)43(33-8-12-36(13-9-33)46(55)56)34-10-14-37(15-11-34)49-22-20-31(21-23-49)29-48-24-26-50(27-25-48)38-16-17-40-35(28-38)30-51(45(40)54)41-18-19-42(52)47-44(41)53/h3-17,28,31,41,55-56H,2,18-27,29-30H2,1H3,(H,47,52,53)/b43-39+. The molecular weight excluding hydrogens is 701 g/mol. The third-order valence-corrected chi connectivity index (χ3v) is 12.2. The molecule has 0 radical (unpaired) electrons. The van der Waals surface area contributed by atoms with E-state index >= 15 is 0 Å². The summed E-state index contributed by atoms with van der Waals surface area (Å²) in [6.45, 7) is 9.63. The number of piperazine rings is 1. The number of amides is 3. The molecule has 0 aromatic heterocycles. The summed E-state index contributed by atoms with van der Waals surface area (Å²) >= 11 is 0. The van der Waals surface area contributed by atoms with Crippen LogP contribution in [0.5, 0.6) is 0 Å². The Balaban J connectivity index is 0.857. The normalized spacial score (nSPS) is 19.9. The molecule has 0 bridgehead atoms. The van der Waals surface area contributed by atoms with Gasteiger partial charge in [0.15, 0.2) is 0 Å². The fraction of sp³-hybridized carbons (Fsp3) is 0.356. The fourth-order valence-electron chi connectivity index (χ4n) is 9.03. The van der Waals surface area contributed by atoms with Crippen LogP contribution < -0.4 is 20.6 Å². The van der Waals surface area contributed by atoms with Gasteiger partial charge in [0.1, 0.15) is 6.04 Å². The average Bonchev–Trinajstić information content (AvgIpc) is 3.55. The van der Waals surface area contributed by atoms with Gasteiger partial charge in [-0.15, -0.1) is 0 Å². The van der Waals surface area contributed by atoms with Crippen molar-refractivity contribution in [3.05, 3.63) is 125 Å². The van der Waals surface area contributed by atoms with Crippen LogP contribution in [0.15, 0.2) is 97.1 Å². The summed E-state index contributed by atoms with van der Waals surface area (Å²) < 4.78 is 0. The van der Waals surface area contributed by atoms with E-state index in [0.717, 1.165) is 93.0 Å². The number of allylic oxidation sites excluding steroid dienone is 1. The second-order valence-electron chi connectivity index (χ2n) is 15.6. The molecule has 0 saturated carbocycles. The molecule has 11 heteroatoms. The molecular formula is C45H50BN5O5. The first-order chi connectivity index (χ1) is 27.2. The first-order valence-corrected chi connectivity index (χ1v) is 20.1. The van der Waals surface area contributed by atoms with E-state index in [1.54, 1.807) is 17.0 Å². The Morgan fingerprint density at radius 2 is 1.38 bits per heavy atom. The highest BCUT2D eigenvalue weighted by atomic mass is 16.4. The van der Waals surface area contributed by atoms with E-state index in [1.165, 1.54) is 16.8 Å². The maximum Gasteiger partial charge on any atom is 0.488 e. The number of anilines is 2. The number of rotatable bonds is 10. The summed E-state index contributed by atoms with van der Waals surface area (Å²) in [4.78, 5) is 46.4. The molecule has 4 heterocycles. The Hall–Kier alpha value is -5.23. The molecule has 4 aliphatic heterocycles. The van der Waals surface area contributed by atoms with Gasteiger partial charge in [-0.05, 0) is 101 Å². The van der Waals surface area contributed by atoms with Crippen LogP contribution in [0, 0.1) is 5.92 Å². The lowest BCUT2D eigenvalue weighted by atomic mass is 9.79. The van der Waals surface area contributed by atoms with Gasteiger partial charge in [0, 0.05) is 75.7 Å². The molecule has 1 unspecified atom stereocenters. The number of nitrogens with one attached hydrogen (secondary N) is 1. The van der Waals surface area contributed by atoms with Crippen LogP contribution in [-0.2, 0) is 16.1 Å². The molecule has 1 atom stereocenters. The van der Waals surface area contributed by atoms with Crippen molar-refractivity contribution in [2.75, 3.05) is 55.6 Å². The smallest absolute Gasteiger partial charge is 0.423 e. The summed E-state index contributed by atoms with van der Waals surface area (Å²) in [7, 11) is -1.50. The predicted molar refractivity (Wildman–Crippen MR) is 221 cm³/mol. The van der Waals surface area contributed by atoms with Gasteiger partial charge in [0.25, 0.3) is 5.91 Å². The number of fused-ring (bicyclic) bond motifs is 1. The van der Waals surface area contributed by atoms with Crippen LogP contribution in [0.3, 0.4) is 0 Å². The van der Waals surface area contributed by atoms with E-state index in [-0.39, 0.29) is 24.1 Å². The largest absolute Gasteiger partial charge is 0.488 e. The van der Waals surface area contributed by atoms with Gasteiger partial charge in [-0.2, -0.15) is 0 Å². The molecule has 10 nitrogen and oxygen atoms in total. The molecule has 8 rings (SSSR count). The molecule has 56 heavy (non-hydrogen) atoms. The number of carbonyl (C=O) groups excluding carboxylic acids is 3. The van der Waals surface area contributed by atoms with Gasteiger partial charge in [-0.1, -0.05) is 73.7 Å². The van der Waals surface area contributed by atoms with Crippen molar-refractivity contribution < 1.29 is 24.4 Å². The van der Waals surface area contributed by atoms with E-state index in [1.807, 2.05) is 30.3 Å². The van der Waals surface area contributed by atoms with Gasteiger partial charge in [-0.3, -0.25) is 24.6 Å². The Kier molecular flexibility index (Phi) is 11.1. The van der Waals surface area contributed by atoms with Crippen molar-refractivity contribution in [1.82, 2.24) is 15.1 Å². The number of hydrogen-bond acceptors (Lipinski definition) is 8.